The van der Waals surface area contributed by atoms with Crippen LogP contribution in [0.5, 0.6) is 11.5 Å². The molecule has 0 aliphatic heterocycles. The van der Waals surface area contributed by atoms with E-state index in [2.05, 4.69) is 5.32 Å². The van der Waals surface area contributed by atoms with Crippen LogP contribution in [-0.2, 0) is 0 Å². The zero-order chi connectivity index (χ0) is 15.6. The van der Waals surface area contributed by atoms with Crippen molar-refractivity contribution in [1.29, 1.82) is 0 Å². The Morgan fingerprint density at radius 3 is 2.57 bits per heavy atom. The molecule has 0 atom stereocenters. The van der Waals surface area contributed by atoms with Crippen LogP contribution in [0.25, 0.3) is 0 Å². The van der Waals surface area contributed by atoms with Gasteiger partial charge < -0.3 is 20.9 Å². The highest BCUT2D eigenvalue weighted by molar-refractivity contribution is 6.08. The summed E-state index contributed by atoms with van der Waals surface area (Å²) in [5.41, 5.74) is 8.65. The minimum Gasteiger partial charge on any atom is -0.508 e. The van der Waals surface area contributed by atoms with Crippen LogP contribution in [0.4, 0.5) is 11.4 Å². The first kappa shape index (κ1) is 14.7. The number of aryl methyl sites for hydroxylation is 2. The standard InChI is InChI=1S/C16H18N2O3/c1-9-7-15(19)10(2)6-14(9)18-16(20)12-8-11(21-3)4-5-13(12)17/h4-8,19H,17H2,1-3H3,(H,18,20). The Balaban J connectivity index is 2.32. The highest BCUT2D eigenvalue weighted by Crippen LogP contribution is 2.26. The van der Waals surface area contributed by atoms with Crippen molar-refractivity contribution in [2.24, 2.45) is 0 Å². The number of nitrogens with one attached hydrogen (secondary N) is 1. The third-order valence-corrected chi connectivity index (χ3v) is 3.30. The van der Waals surface area contributed by atoms with Gasteiger partial charge >= 0.3 is 0 Å². The molecule has 0 aliphatic rings. The Hall–Kier alpha value is -2.69. The van der Waals surface area contributed by atoms with Crippen LogP contribution in [0.3, 0.4) is 0 Å². The SMILES string of the molecule is COc1ccc(N)c(C(=O)Nc2cc(C)c(O)cc2C)c1. The van der Waals surface area contributed by atoms with E-state index < -0.39 is 0 Å². The van der Waals surface area contributed by atoms with Crippen molar-refractivity contribution < 1.29 is 14.6 Å². The van der Waals surface area contributed by atoms with Crippen LogP contribution in [-0.4, -0.2) is 18.1 Å². The summed E-state index contributed by atoms with van der Waals surface area (Å²) < 4.78 is 5.10. The molecule has 0 radical (unpaired) electrons. The zero-order valence-electron chi connectivity index (χ0n) is 12.2. The predicted molar refractivity (Wildman–Crippen MR) is 82.9 cm³/mol. The number of hydrogen-bond donors (Lipinski definition) is 3. The summed E-state index contributed by atoms with van der Waals surface area (Å²) in [6.45, 7) is 3.58. The number of phenolic OH excluding ortho intramolecular Hbond substituents is 1. The largest absolute Gasteiger partial charge is 0.508 e. The number of nitrogens with two attached hydrogens (primary N) is 1. The van der Waals surface area contributed by atoms with Gasteiger partial charge in [-0.15, -0.1) is 0 Å². The van der Waals surface area contributed by atoms with Gasteiger partial charge in [0.1, 0.15) is 11.5 Å². The molecule has 2 aromatic carbocycles. The fourth-order valence-corrected chi connectivity index (χ4v) is 1.98. The summed E-state index contributed by atoms with van der Waals surface area (Å²) in [7, 11) is 1.53. The molecule has 0 aliphatic carbocycles. The summed E-state index contributed by atoms with van der Waals surface area (Å²) in [6.07, 6.45) is 0. The fourth-order valence-electron chi connectivity index (χ4n) is 1.98. The number of ether oxygens (including phenoxy) is 1. The average molecular weight is 286 g/mol. The molecule has 110 valence electrons. The number of nitrogen functional groups attached to an aromatic ring is 1. The van der Waals surface area contributed by atoms with Gasteiger partial charge in [0.25, 0.3) is 5.91 Å². The monoisotopic (exact) mass is 286 g/mol. The first-order chi connectivity index (χ1) is 9.92. The molecule has 2 aromatic rings. The Labute approximate surface area is 123 Å². The van der Waals surface area contributed by atoms with Gasteiger partial charge in [-0.25, -0.2) is 0 Å². The van der Waals surface area contributed by atoms with E-state index in [0.29, 0.717) is 28.3 Å². The van der Waals surface area contributed by atoms with E-state index in [1.165, 1.54) is 7.11 Å². The van der Waals surface area contributed by atoms with Crippen LogP contribution in [0.2, 0.25) is 0 Å². The lowest BCUT2D eigenvalue weighted by Gasteiger charge is -2.12. The maximum atomic E-state index is 12.3. The number of carbonyl (C=O) groups is 1. The second-order valence-corrected chi connectivity index (χ2v) is 4.86. The minimum absolute atomic E-state index is 0.200. The molecule has 4 N–H and O–H groups in total. The quantitative estimate of drug-likeness (QED) is 0.598. The molecule has 0 saturated carbocycles. The van der Waals surface area contributed by atoms with Crippen LogP contribution in [0.15, 0.2) is 30.3 Å². The van der Waals surface area contributed by atoms with Crippen LogP contribution >= 0.6 is 0 Å². The summed E-state index contributed by atoms with van der Waals surface area (Å²) in [5, 5.41) is 12.4. The summed E-state index contributed by atoms with van der Waals surface area (Å²) in [5.74, 6) is 0.443. The van der Waals surface area contributed by atoms with Gasteiger partial charge in [-0.2, -0.15) is 0 Å². The third-order valence-electron chi connectivity index (χ3n) is 3.30. The molecule has 0 spiro atoms. The van der Waals surface area contributed by atoms with Crippen molar-refractivity contribution in [1.82, 2.24) is 0 Å². The van der Waals surface area contributed by atoms with E-state index in [1.807, 2.05) is 6.92 Å². The maximum absolute atomic E-state index is 12.3. The van der Waals surface area contributed by atoms with Crippen molar-refractivity contribution >= 4 is 17.3 Å². The number of rotatable bonds is 3. The van der Waals surface area contributed by atoms with E-state index in [4.69, 9.17) is 10.5 Å². The minimum atomic E-state index is -0.320. The number of aromatic hydroxyl groups is 1. The molecular formula is C16H18N2O3. The predicted octanol–water partition coefficient (Wildman–Crippen LogP) is 2.85. The number of methoxy groups -OCH3 is 1. The molecule has 0 heterocycles. The zero-order valence-corrected chi connectivity index (χ0v) is 12.2. The number of amides is 1. The van der Waals surface area contributed by atoms with Gasteiger partial charge in [0, 0.05) is 11.4 Å². The van der Waals surface area contributed by atoms with Crippen molar-refractivity contribution in [3.63, 3.8) is 0 Å². The third kappa shape index (κ3) is 3.08. The molecule has 0 bridgehead atoms. The van der Waals surface area contributed by atoms with Crippen LogP contribution in [0, 0.1) is 13.8 Å². The van der Waals surface area contributed by atoms with E-state index in [0.717, 1.165) is 5.56 Å². The number of hydrogen-bond acceptors (Lipinski definition) is 4. The van der Waals surface area contributed by atoms with Crippen LogP contribution in [0.1, 0.15) is 21.5 Å². The van der Waals surface area contributed by atoms with Gasteiger partial charge in [-0.1, -0.05) is 0 Å². The number of anilines is 2. The molecule has 5 nitrogen and oxygen atoms in total. The summed E-state index contributed by atoms with van der Waals surface area (Å²) >= 11 is 0. The Bertz CT molecular complexity index is 696. The molecule has 1 amide bonds. The van der Waals surface area contributed by atoms with Crippen molar-refractivity contribution in [3.8, 4) is 11.5 Å². The Morgan fingerprint density at radius 1 is 1.19 bits per heavy atom. The van der Waals surface area contributed by atoms with Gasteiger partial charge in [-0.05, 0) is 55.3 Å². The van der Waals surface area contributed by atoms with E-state index in [9.17, 15) is 9.90 Å². The second-order valence-electron chi connectivity index (χ2n) is 4.86. The molecule has 0 aromatic heterocycles. The second kappa shape index (κ2) is 5.75. The lowest BCUT2D eigenvalue weighted by Crippen LogP contribution is -2.15. The summed E-state index contributed by atoms with van der Waals surface area (Å²) in [6, 6.07) is 8.25. The van der Waals surface area contributed by atoms with Crippen molar-refractivity contribution in [3.05, 3.63) is 47.0 Å². The molecule has 0 saturated heterocycles. The topological polar surface area (TPSA) is 84.6 Å². The van der Waals surface area contributed by atoms with Gasteiger partial charge in [0.2, 0.25) is 0 Å². The Morgan fingerprint density at radius 2 is 1.90 bits per heavy atom. The first-order valence-electron chi connectivity index (χ1n) is 6.47. The van der Waals surface area contributed by atoms with Crippen molar-refractivity contribution in [2.45, 2.75) is 13.8 Å². The van der Waals surface area contributed by atoms with Crippen molar-refractivity contribution in [2.75, 3.05) is 18.2 Å². The molecular weight excluding hydrogens is 268 g/mol. The lowest BCUT2D eigenvalue weighted by atomic mass is 10.1. The Kier molecular flexibility index (Phi) is 4.03. The molecule has 0 unspecified atom stereocenters. The van der Waals surface area contributed by atoms with E-state index in [-0.39, 0.29) is 11.7 Å². The number of carbonyl (C=O) groups excluding carboxylic acids is 1. The molecule has 5 heteroatoms. The first-order valence-corrected chi connectivity index (χ1v) is 6.47. The molecule has 0 fully saturated rings. The highest BCUT2D eigenvalue weighted by atomic mass is 16.5. The smallest absolute Gasteiger partial charge is 0.257 e. The normalized spacial score (nSPS) is 10.2. The van der Waals surface area contributed by atoms with Gasteiger partial charge in [0.05, 0.1) is 12.7 Å². The van der Waals surface area contributed by atoms with E-state index in [1.54, 1.807) is 37.3 Å². The van der Waals surface area contributed by atoms with Gasteiger partial charge in [0.15, 0.2) is 0 Å². The fraction of sp³-hybridized carbons (Fsp3) is 0.188. The summed E-state index contributed by atoms with van der Waals surface area (Å²) in [4.78, 5) is 12.3. The molecule has 2 rings (SSSR count). The molecule has 21 heavy (non-hydrogen) atoms. The maximum Gasteiger partial charge on any atom is 0.257 e. The lowest BCUT2D eigenvalue weighted by molar-refractivity contribution is 0.102. The number of benzene rings is 2. The van der Waals surface area contributed by atoms with Gasteiger partial charge in [-0.3, -0.25) is 4.79 Å². The van der Waals surface area contributed by atoms with Crippen LogP contribution < -0.4 is 15.8 Å². The average Bonchev–Trinajstić information content (AvgIpc) is 2.45. The highest BCUT2D eigenvalue weighted by Gasteiger charge is 2.13. The van der Waals surface area contributed by atoms with E-state index >= 15 is 0 Å². The number of phenols is 1.